The van der Waals surface area contributed by atoms with E-state index in [9.17, 15) is 18.0 Å². The Labute approximate surface area is 211 Å². The zero-order valence-corrected chi connectivity index (χ0v) is 21.5. The quantitative estimate of drug-likeness (QED) is 0.347. The Morgan fingerprint density at radius 3 is 2.56 bits per heavy atom. The van der Waals surface area contributed by atoms with Crippen LogP contribution >= 0.6 is 0 Å². The second-order valence-electron chi connectivity index (χ2n) is 8.65. The van der Waals surface area contributed by atoms with Crippen LogP contribution in [-0.2, 0) is 24.3 Å². The maximum Gasteiger partial charge on any atom is 0.260 e. The normalized spacial score (nSPS) is 15.6. The number of amides is 2. The zero-order valence-electron chi connectivity index (χ0n) is 20.7. The Kier molecular flexibility index (Phi) is 9.43. The lowest BCUT2D eigenvalue weighted by Gasteiger charge is -2.23. The van der Waals surface area contributed by atoms with Gasteiger partial charge in [-0.05, 0) is 68.1 Å². The van der Waals surface area contributed by atoms with E-state index < -0.39 is 22.5 Å². The van der Waals surface area contributed by atoms with Crippen molar-refractivity contribution < 1.29 is 27.5 Å². The van der Waals surface area contributed by atoms with Gasteiger partial charge in [0.1, 0.15) is 12.3 Å². The fraction of sp³-hybridized carbons (Fsp3) is 0.400. The lowest BCUT2D eigenvalue weighted by Crippen LogP contribution is -2.39. The molecule has 36 heavy (non-hydrogen) atoms. The molecule has 1 heterocycles. The van der Waals surface area contributed by atoms with Gasteiger partial charge in [0.2, 0.25) is 10.0 Å². The number of sulfonamides is 1. The minimum absolute atomic E-state index is 0.0779. The second kappa shape index (κ2) is 12.5. The highest BCUT2D eigenvalue weighted by atomic mass is 32.2. The van der Waals surface area contributed by atoms with Crippen LogP contribution in [0.3, 0.4) is 0 Å². The summed E-state index contributed by atoms with van der Waals surface area (Å²) in [6.07, 6.45) is 4.53. The van der Waals surface area contributed by atoms with Gasteiger partial charge >= 0.3 is 0 Å². The summed E-state index contributed by atoms with van der Waals surface area (Å²) in [7, 11) is -3.68. The van der Waals surface area contributed by atoms with Gasteiger partial charge in [0.25, 0.3) is 11.8 Å². The van der Waals surface area contributed by atoms with E-state index in [-0.39, 0.29) is 18.6 Å². The van der Waals surface area contributed by atoms with E-state index in [0.717, 1.165) is 41.1 Å². The highest BCUT2D eigenvalue weighted by molar-refractivity contribution is 7.92. The highest BCUT2D eigenvalue weighted by Crippen LogP contribution is 2.23. The molecule has 0 aromatic heterocycles. The third-order valence-corrected chi connectivity index (χ3v) is 6.64. The fourth-order valence-electron chi connectivity index (χ4n) is 3.69. The molecule has 0 spiro atoms. The molecule has 194 valence electrons. The van der Waals surface area contributed by atoms with Crippen molar-refractivity contribution in [3.05, 3.63) is 59.2 Å². The maximum absolute atomic E-state index is 12.4. The van der Waals surface area contributed by atoms with E-state index in [4.69, 9.17) is 9.47 Å². The number of nitrogens with zero attached hydrogens (tertiary/aromatic N) is 2. The molecular weight excluding hydrogens is 484 g/mol. The van der Waals surface area contributed by atoms with Crippen molar-refractivity contribution >= 4 is 33.7 Å². The number of nitrogens with one attached hydrogen (secondary N) is 2. The molecule has 11 heteroatoms. The smallest absolute Gasteiger partial charge is 0.260 e. The van der Waals surface area contributed by atoms with Crippen LogP contribution in [0, 0.1) is 13.8 Å². The molecule has 2 aromatic rings. The molecule has 1 aliphatic heterocycles. The van der Waals surface area contributed by atoms with Gasteiger partial charge < -0.3 is 14.8 Å². The second-order valence-corrected chi connectivity index (χ2v) is 10.6. The summed E-state index contributed by atoms with van der Waals surface area (Å²) < 4.78 is 36.6. The predicted octanol–water partition coefficient (Wildman–Crippen LogP) is 1.89. The van der Waals surface area contributed by atoms with Crippen LogP contribution in [0.4, 0.5) is 5.69 Å². The minimum Gasteiger partial charge on any atom is -0.484 e. The number of anilines is 1. The Morgan fingerprint density at radius 1 is 1.17 bits per heavy atom. The van der Waals surface area contributed by atoms with Crippen LogP contribution < -0.4 is 19.8 Å². The van der Waals surface area contributed by atoms with E-state index >= 15 is 0 Å². The first kappa shape index (κ1) is 27.2. The van der Waals surface area contributed by atoms with Gasteiger partial charge in [-0.2, -0.15) is 5.10 Å². The van der Waals surface area contributed by atoms with Crippen molar-refractivity contribution in [1.29, 1.82) is 0 Å². The van der Waals surface area contributed by atoms with Crippen LogP contribution in [0.15, 0.2) is 47.6 Å². The number of rotatable bonds is 11. The third kappa shape index (κ3) is 8.35. The van der Waals surface area contributed by atoms with Gasteiger partial charge in [0.15, 0.2) is 6.61 Å². The fourth-order valence-corrected chi connectivity index (χ4v) is 4.61. The largest absolute Gasteiger partial charge is 0.484 e. The van der Waals surface area contributed by atoms with Gasteiger partial charge in [0, 0.05) is 13.2 Å². The number of ether oxygens (including phenoxy) is 2. The monoisotopic (exact) mass is 516 g/mol. The summed E-state index contributed by atoms with van der Waals surface area (Å²) in [5.74, 6) is -0.283. The van der Waals surface area contributed by atoms with Crippen molar-refractivity contribution in [3.8, 4) is 5.75 Å². The number of benzene rings is 2. The summed E-state index contributed by atoms with van der Waals surface area (Å²) in [6.45, 7) is 4.42. The SMILES string of the molecule is Cc1ccc(N(CC(=O)N/N=C\c2ccc(OCC(=O)NC[C@H]3CCCO3)cc2)S(C)(=O)=O)c(C)c1. The molecule has 1 fully saturated rings. The Bertz CT molecular complexity index is 1190. The highest BCUT2D eigenvalue weighted by Gasteiger charge is 2.22. The third-order valence-electron chi connectivity index (χ3n) is 5.51. The summed E-state index contributed by atoms with van der Waals surface area (Å²) >= 11 is 0. The molecule has 2 amide bonds. The molecule has 0 unspecified atom stereocenters. The van der Waals surface area contributed by atoms with E-state index in [0.29, 0.717) is 23.5 Å². The van der Waals surface area contributed by atoms with Crippen molar-refractivity contribution in [2.24, 2.45) is 5.10 Å². The van der Waals surface area contributed by atoms with Gasteiger partial charge in [-0.15, -0.1) is 0 Å². The van der Waals surface area contributed by atoms with Crippen molar-refractivity contribution in [2.45, 2.75) is 32.8 Å². The van der Waals surface area contributed by atoms with Crippen LogP contribution in [0.25, 0.3) is 0 Å². The molecule has 0 aliphatic carbocycles. The van der Waals surface area contributed by atoms with Crippen LogP contribution in [-0.4, -0.2) is 65.1 Å². The standard InChI is InChI=1S/C25H32N4O6S/c1-18-6-11-23(19(2)13-18)29(36(3,32)33)16-24(30)28-27-14-20-7-9-21(10-8-20)35-17-25(31)26-15-22-5-4-12-34-22/h6-11,13-14,22H,4-5,12,15-17H2,1-3H3,(H,26,31)(H,28,30)/b27-14-/t22-/m1/s1. The maximum atomic E-state index is 12.4. The first-order chi connectivity index (χ1) is 17.1. The van der Waals surface area contributed by atoms with Crippen LogP contribution in [0.5, 0.6) is 5.75 Å². The topological polar surface area (TPSA) is 126 Å². The number of hydrogen-bond donors (Lipinski definition) is 2. The molecule has 10 nitrogen and oxygen atoms in total. The minimum atomic E-state index is -3.68. The van der Waals surface area contributed by atoms with E-state index in [1.54, 1.807) is 43.3 Å². The van der Waals surface area contributed by atoms with Gasteiger partial charge in [-0.3, -0.25) is 13.9 Å². The van der Waals surface area contributed by atoms with Gasteiger partial charge in [0.05, 0.1) is 24.3 Å². The lowest BCUT2D eigenvalue weighted by molar-refractivity contribution is -0.123. The van der Waals surface area contributed by atoms with E-state index in [1.807, 2.05) is 13.0 Å². The molecular formula is C25H32N4O6S. The number of hydrazone groups is 1. The van der Waals surface area contributed by atoms with Gasteiger partial charge in [-0.1, -0.05) is 17.7 Å². The average Bonchev–Trinajstić information content (AvgIpc) is 3.34. The molecule has 0 radical (unpaired) electrons. The molecule has 3 rings (SSSR count). The molecule has 1 aliphatic rings. The Balaban J connectivity index is 1.47. The van der Waals surface area contributed by atoms with Crippen LogP contribution in [0.2, 0.25) is 0 Å². The summed E-state index contributed by atoms with van der Waals surface area (Å²) in [6, 6.07) is 12.1. The van der Waals surface area contributed by atoms with Crippen LogP contribution in [0.1, 0.15) is 29.5 Å². The number of hydrogen-bond acceptors (Lipinski definition) is 7. The summed E-state index contributed by atoms with van der Waals surface area (Å²) in [5.41, 5.74) is 5.22. The van der Waals surface area contributed by atoms with Crippen molar-refractivity contribution in [1.82, 2.24) is 10.7 Å². The van der Waals surface area contributed by atoms with Crippen molar-refractivity contribution in [3.63, 3.8) is 0 Å². The van der Waals surface area contributed by atoms with E-state index in [1.165, 1.54) is 6.21 Å². The van der Waals surface area contributed by atoms with Gasteiger partial charge in [-0.25, -0.2) is 13.8 Å². The zero-order chi connectivity index (χ0) is 26.1. The molecule has 0 bridgehead atoms. The van der Waals surface area contributed by atoms with E-state index in [2.05, 4.69) is 15.8 Å². The molecule has 1 saturated heterocycles. The molecule has 0 saturated carbocycles. The Hall–Kier alpha value is -3.44. The predicted molar refractivity (Wildman–Crippen MR) is 138 cm³/mol. The number of aryl methyl sites for hydroxylation is 2. The first-order valence-electron chi connectivity index (χ1n) is 11.6. The lowest BCUT2D eigenvalue weighted by atomic mass is 10.1. The summed E-state index contributed by atoms with van der Waals surface area (Å²) in [5, 5.41) is 6.70. The number of carbonyl (C=O) groups is 2. The molecule has 1 atom stereocenters. The summed E-state index contributed by atoms with van der Waals surface area (Å²) in [4.78, 5) is 24.3. The van der Waals surface area contributed by atoms with Crippen molar-refractivity contribution in [2.75, 3.05) is 36.9 Å². The average molecular weight is 517 g/mol. The number of carbonyl (C=O) groups excluding carboxylic acids is 2. The Morgan fingerprint density at radius 2 is 1.92 bits per heavy atom. The molecule has 2 N–H and O–H groups in total. The molecule has 2 aromatic carbocycles. The first-order valence-corrected chi connectivity index (χ1v) is 13.4.